The van der Waals surface area contributed by atoms with E-state index in [1.807, 2.05) is 0 Å². The second-order valence-electron chi connectivity index (χ2n) is 4.00. The van der Waals surface area contributed by atoms with Crippen LogP contribution in [0.1, 0.15) is 23.7 Å². The monoisotopic (exact) mass is 224 g/mol. The second-order valence-corrected chi connectivity index (χ2v) is 4.40. The maximum absolute atomic E-state index is 11.8. The summed E-state index contributed by atoms with van der Waals surface area (Å²) in [6.07, 6.45) is 1.04. The van der Waals surface area contributed by atoms with E-state index in [-0.39, 0.29) is 11.9 Å². The minimum absolute atomic E-state index is 0.174. The van der Waals surface area contributed by atoms with Crippen molar-refractivity contribution < 1.29 is 4.79 Å². The van der Waals surface area contributed by atoms with Gasteiger partial charge >= 0.3 is 0 Å². The van der Waals surface area contributed by atoms with Crippen LogP contribution in [0.25, 0.3) is 0 Å². The Bertz CT molecular complexity index is 385. The molecule has 2 rings (SSSR count). The molecule has 1 aromatic rings. The number of benzene rings is 1. The first-order valence-corrected chi connectivity index (χ1v) is 5.32. The lowest BCUT2D eigenvalue weighted by atomic mass is 10.1. The molecule has 80 valence electrons. The molecular weight excluding hydrogens is 212 g/mol. The van der Waals surface area contributed by atoms with E-state index >= 15 is 0 Å². The van der Waals surface area contributed by atoms with Crippen molar-refractivity contribution in [3.05, 3.63) is 28.8 Å². The van der Waals surface area contributed by atoms with Crippen LogP contribution < -0.4 is 11.1 Å². The van der Waals surface area contributed by atoms with Crippen molar-refractivity contribution in [2.75, 3.05) is 5.73 Å². The van der Waals surface area contributed by atoms with Crippen molar-refractivity contribution in [1.82, 2.24) is 5.32 Å². The van der Waals surface area contributed by atoms with Gasteiger partial charge in [-0.3, -0.25) is 4.79 Å². The molecule has 2 atom stereocenters. The molecular formula is C11H13ClN2O. The number of nitrogens with two attached hydrogens (primary N) is 1. The van der Waals surface area contributed by atoms with E-state index in [9.17, 15) is 4.79 Å². The van der Waals surface area contributed by atoms with Crippen LogP contribution >= 0.6 is 11.6 Å². The predicted molar refractivity (Wildman–Crippen MR) is 60.9 cm³/mol. The van der Waals surface area contributed by atoms with Crippen molar-refractivity contribution in [3.8, 4) is 0 Å². The van der Waals surface area contributed by atoms with Gasteiger partial charge in [0, 0.05) is 11.7 Å². The highest BCUT2D eigenvalue weighted by Gasteiger charge is 2.34. The van der Waals surface area contributed by atoms with Crippen LogP contribution in [0.3, 0.4) is 0 Å². The van der Waals surface area contributed by atoms with E-state index in [2.05, 4.69) is 12.2 Å². The Morgan fingerprint density at radius 2 is 2.27 bits per heavy atom. The van der Waals surface area contributed by atoms with Gasteiger partial charge in [-0.05, 0) is 24.5 Å². The number of halogens is 1. The van der Waals surface area contributed by atoms with Crippen molar-refractivity contribution in [1.29, 1.82) is 0 Å². The summed E-state index contributed by atoms with van der Waals surface area (Å²) >= 11 is 5.92. The Kier molecular flexibility index (Phi) is 2.57. The molecule has 1 saturated carbocycles. The minimum Gasteiger partial charge on any atom is -0.398 e. The molecule has 2 unspecified atom stereocenters. The largest absolute Gasteiger partial charge is 0.398 e. The molecule has 1 aliphatic carbocycles. The van der Waals surface area contributed by atoms with Crippen LogP contribution in [0.15, 0.2) is 18.2 Å². The molecule has 0 aromatic heterocycles. The molecule has 15 heavy (non-hydrogen) atoms. The molecule has 0 radical (unpaired) electrons. The van der Waals surface area contributed by atoms with Crippen molar-refractivity contribution in [2.24, 2.45) is 5.92 Å². The second kappa shape index (κ2) is 3.74. The van der Waals surface area contributed by atoms with E-state index < -0.39 is 0 Å². The summed E-state index contributed by atoms with van der Waals surface area (Å²) < 4.78 is 0. The first-order chi connectivity index (χ1) is 7.09. The summed E-state index contributed by atoms with van der Waals surface area (Å²) in [5.41, 5.74) is 6.52. The van der Waals surface area contributed by atoms with Crippen LogP contribution in [-0.2, 0) is 0 Å². The third-order valence-corrected chi connectivity index (χ3v) is 3.01. The van der Waals surface area contributed by atoms with E-state index in [0.717, 1.165) is 6.42 Å². The van der Waals surface area contributed by atoms with Gasteiger partial charge in [-0.25, -0.2) is 0 Å². The molecule has 0 aliphatic heterocycles. The Morgan fingerprint density at radius 3 is 2.80 bits per heavy atom. The van der Waals surface area contributed by atoms with Crippen LogP contribution in [-0.4, -0.2) is 11.9 Å². The van der Waals surface area contributed by atoms with Crippen molar-refractivity contribution in [3.63, 3.8) is 0 Å². The number of hydrogen-bond acceptors (Lipinski definition) is 2. The number of anilines is 1. The number of rotatable bonds is 2. The number of amides is 1. The van der Waals surface area contributed by atoms with Gasteiger partial charge in [0.15, 0.2) is 0 Å². The van der Waals surface area contributed by atoms with Gasteiger partial charge in [-0.2, -0.15) is 0 Å². The average molecular weight is 225 g/mol. The van der Waals surface area contributed by atoms with Gasteiger partial charge in [0.2, 0.25) is 0 Å². The molecule has 0 saturated heterocycles. The summed E-state index contributed by atoms with van der Waals surface area (Å²) in [5.74, 6) is 0.394. The highest BCUT2D eigenvalue weighted by Crippen LogP contribution is 2.30. The Labute approximate surface area is 93.6 Å². The molecule has 0 bridgehead atoms. The topological polar surface area (TPSA) is 55.1 Å². The van der Waals surface area contributed by atoms with Gasteiger partial charge in [0.05, 0.1) is 10.6 Å². The lowest BCUT2D eigenvalue weighted by Gasteiger charge is -2.08. The number of carbonyl (C=O) groups excluding carboxylic acids is 1. The molecule has 1 fully saturated rings. The lowest BCUT2D eigenvalue weighted by molar-refractivity contribution is 0.0950. The Hall–Kier alpha value is -1.22. The maximum atomic E-state index is 11.8. The zero-order valence-corrected chi connectivity index (χ0v) is 9.21. The van der Waals surface area contributed by atoms with Gasteiger partial charge in [-0.1, -0.05) is 24.6 Å². The molecule has 4 heteroatoms. The molecule has 1 aromatic carbocycles. The number of hydrogen-bond donors (Lipinski definition) is 2. The normalized spacial score (nSPS) is 23.6. The quantitative estimate of drug-likeness (QED) is 0.756. The van der Waals surface area contributed by atoms with Crippen LogP contribution in [0.2, 0.25) is 5.02 Å². The van der Waals surface area contributed by atoms with Crippen LogP contribution in [0.4, 0.5) is 5.69 Å². The lowest BCUT2D eigenvalue weighted by Crippen LogP contribution is -2.27. The van der Waals surface area contributed by atoms with E-state index in [4.69, 9.17) is 17.3 Å². The first-order valence-electron chi connectivity index (χ1n) is 4.94. The molecule has 3 N–H and O–H groups in total. The predicted octanol–water partition coefficient (Wildman–Crippen LogP) is 2.06. The minimum atomic E-state index is -0.174. The SMILES string of the molecule is CC1CC1NC(=O)c1c(N)cccc1Cl. The van der Waals surface area contributed by atoms with Gasteiger partial charge in [0.1, 0.15) is 0 Å². The molecule has 3 nitrogen and oxygen atoms in total. The van der Waals surface area contributed by atoms with Gasteiger partial charge in [0.25, 0.3) is 5.91 Å². The van der Waals surface area contributed by atoms with Crippen LogP contribution in [0.5, 0.6) is 0 Å². The van der Waals surface area contributed by atoms with Crippen molar-refractivity contribution in [2.45, 2.75) is 19.4 Å². The zero-order chi connectivity index (χ0) is 11.0. The first kappa shape index (κ1) is 10.3. The Morgan fingerprint density at radius 1 is 1.60 bits per heavy atom. The fourth-order valence-corrected chi connectivity index (χ4v) is 1.81. The summed E-state index contributed by atoms with van der Waals surface area (Å²) in [5, 5.41) is 3.30. The molecule has 1 aliphatic rings. The molecule has 1 amide bonds. The smallest absolute Gasteiger partial charge is 0.255 e. The van der Waals surface area contributed by atoms with Gasteiger partial charge in [-0.15, -0.1) is 0 Å². The summed E-state index contributed by atoms with van der Waals surface area (Å²) in [7, 11) is 0. The zero-order valence-electron chi connectivity index (χ0n) is 8.46. The third-order valence-electron chi connectivity index (χ3n) is 2.70. The maximum Gasteiger partial charge on any atom is 0.255 e. The van der Waals surface area contributed by atoms with E-state index in [1.165, 1.54) is 0 Å². The number of carbonyl (C=O) groups is 1. The molecule has 0 spiro atoms. The van der Waals surface area contributed by atoms with E-state index in [1.54, 1.807) is 18.2 Å². The standard InChI is InChI=1S/C11H13ClN2O/c1-6-5-9(6)14-11(15)10-7(12)3-2-4-8(10)13/h2-4,6,9H,5,13H2,1H3,(H,14,15). The number of nitrogens with one attached hydrogen (secondary N) is 1. The molecule has 0 heterocycles. The van der Waals surface area contributed by atoms with Gasteiger partial charge < -0.3 is 11.1 Å². The fraction of sp³-hybridized carbons (Fsp3) is 0.364. The number of nitrogen functional groups attached to an aromatic ring is 1. The highest BCUT2D eigenvalue weighted by molar-refractivity contribution is 6.34. The third kappa shape index (κ3) is 2.07. The summed E-state index contributed by atoms with van der Waals surface area (Å²) in [6.45, 7) is 2.10. The highest BCUT2D eigenvalue weighted by atomic mass is 35.5. The summed E-state index contributed by atoms with van der Waals surface area (Å²) in [6, 6.07) is 5.36. The Balaban J connectivity index is 2.17. The fourth-order valence-electron chi connectivity index (χ4n) is 1.54. The average Bonchev–Trinajstić information content (AvgIpc) is 2.81. The summed E-state index contributed by atoms with van der Waals surface area (Å²) in [4.78, 5) is 11.8. The van der Waals surface area contributed by atoms with Crippen LogP contribution in [0, 0.1) is 5.92 Å². The van der Waals surface area contributed by atoms with Crippen molar-refractivity contribution >= 4 is 23.2 Å². The van der Waals surface area contributed by atoms with E-state index in [0.29, 0.717) is 22.2 Å².